The summed E-state index contributed by atoms with van der Waals surface area (Å²) in [6, 6.07) is 17.7. The van der Waals surface area contributed by atoms with Crippen LogP contribution in [0.3, 0.4) is 0 Å². The van der Waals surface area contributed by atoms with Gasteiger partial charge in [0.15, 0.2) is 5.65 Å². The minimum Gasteiger partial charge on any atom is -0.497 e. The Bertz CT molecular complexity index is 1340. The van der Waals surface area contributed by atoms with Crippen LogP contribution in [0.25, 0.3) is 16.7 Å². The summed E-state index contributed by atoms with van der Waals surface area (Å²) in [4.78, 5) is 22.4. The van der Waals surface area contributed by atoms with Gasteiger partial charge in [-0.2, -0.15) is 5.10 Å². The van der Waals surface area contributed by atoms with E-state index in [0.717, 1.165) is 54.0 Å². The number of rotatable bonds is 7. The van der Waals surface area contributed by atoms with E-state index in [2.05, 4.69) is 29.6 Å². The number of methoxy groups -OCH3 is 1. The molecular weight excluding hydrogens is 452 g/mol. The summed E-state index contributed by atoms with van der Waals surface area (Å²) in [5.41, 5.74) is 2.40. The fraction of sp³-hybridized carbons (Fsp3) is 0.357. The van der Waals surface area contributed by atoms with Crippen LogP contribution in [0.1, 0.15) is 61.6 Å². The van der Waals surface area contributed by atoms with Crippen molar-refractivity contribution in [1.29, 1.82) is 0 Å². The van der Waals surface area contributed by atoms with Crippen molar-refractivity contribution in [3.05, 3.63) is 72.2 Å². The van der Waals surface area contributed by atoms with Crippen LogP contribution in [-0.4, -0.2) is 44.8 Å². The third-order valence-electron chi connectivity index (χ3n) is 6.70. The Hall–Kier alpha value is -3.94. The second-order valence-electron chi connectivity index (χ2n) is 9.61. The van der Waals surface area contributed by atoms with Crippen LogP contribution in [0.4, 0.5) is 5.82 Å². The smallest absolute Gasteiger partial charge is 0.251 e. The van der Waals surface area contributed by atoms with Gasteiger partial charge in [-0.3, -0.25) is 4.79 Å². The van der Waals surface area contributed by atoms with Crippen molar-refractivity contribution in [3.8, 4) is 11.4 Å². The molecule has 0 radical (unpaired) electrons. The maximum Gasteiger partial charge on any atom is 0.251 e. The minimum absolute atomic E-state index is 0.0577. The Kier molecular flexibility index (Phi) is 6.84. The number of nitrogens with one attached hydrogen (secondary N) is 2. The Labute approximate surface area is 211 Å². The molecule has 8 heteroatoms. The van der Waals surface area contributed by atoms with Gasteiger partial charge in [-0.1, -0.05) is 38.1 Å². The summed E-state index contributed by atoms with van der Waals surface area (Å²) in [5.74, 6) is 2.44. The number of anilines is 1. The van der Waals surface area contributed by atoms with E-state index in [1.807, 2.05) is 59.4 Å². The molecule has 1 fully saturated rings. The van der Waals surface area contributed by atoms with Gasteiger partial charge < -0.3 is 15.4 Å². The number of carbonyl (C=O) groups is 1. The van der Waals surface area contributed by atoms with Crippen molar-refractivity contribution >= 4 is 22.8 Å². The van der Waals surface area contributed by atoms with Gasteiger partial charge in [0.25, 0.3) is 5.91 Å². The molecule has 186 valence electrons. The lowest BCUT2D eigenvalue weighted by molar-refractivity contribution is 0.0926. The summed E-state index contributed by atoms with van der Waals surface area (Å²) in [5, 5.41) is 12.4. The number of fused-ring (bicyclic) bond motifs is 1. The van der Waals surface area contributed by atoms with Gasteiger partial charge in [0.2, 0.25) is 0 Å². The number of carbonyl (C=O) groups excluding carboxylic acids is 1. The van der Waals surface area contributed by atoms with E-state index in [0.29, 0.717) is 11.3 Å². The molecule has 2 heterocycles. The normalized spacial score (nSPS) is 17.8. The van der Waals surface area contributed by atoms with E-state index in [9.17, 15) is 4.79 Å². The van der Waals surface area contributed by atoms with Gasteiger partial charge in [-0.15, -0.1) is 0 Å². The van der Waals surface area contributed by atoms with Gasteiger partial charge in [-0.05, 0) is 56.0 Å². The lowest BCUT2D eigenvalue weighted by atomic mass is 9.91. The average Bonchev–Trinajstić information content (AvgIpc) is 3.35. The van der Waals surface area contributed by atoms with Crippen LogP contribution < -0.4 is 15.4 Å². The maximum absolute atomic E-state index is 12.7. The Morgan fingerprint density at radius 2 is 1.75 bits per heavy atom. The van der Waals surface area contributed by atoms with Crippen LogP contribution in [0.2, 0.25) is 0 Å². The van der Waals surface area contributed by atoms with Crippen molar-refractivity contribution in [2.45, 2.75) is 57.5 Å². The molecule has 5 rings (SSSR count). The number of hydrogen-bond acceptors (Lipinski definition) is 6. The third-order valence-corrected chi connectivity index (χ3v) is 6.70. The zero-order valence-electron chi connectivity index (χ0n) is 20.9. The van der Waals surface area contributed by atoms with Crippen LogP contribution in [0.5, 0.6) is 5.75 Å². The third kappa shape index (κ3) is 5.03. The van der Waals surface area contributed by atoms with Crippen LogP contribution >= 0.6 is 0 Å². The van der Waals surface area contributed by atoms with Gasteiger partial charge in [-0.25, -0.2) is 14.6 Å². The summed E-state index contributed by atoms with van der Waals surface area (Å²) in [7, 11) is 1.60. The van der Waals surface area contributed by atoms with Gasteiger partial charge in [0.05, 0.1) is 24.4 Å². The molecule has 0 unspecified atom stereocenters. The molecular formula is C28H32N6O2. The van der Waals surface area contributed by atoms with Gasteiger partial charge in [0.1, 0.15) is 17.4 Å². The zero-order valence-corrected chi connectivity index (χ0v) is 20.9. The second kappa shape index (κ2) is 10.4. The summed E-state index contributed by atoms with van der Waals surface area (Å²) in [6.45, 7) is 4.20. The first kappa shape index (κ1) is 23.8. The van der Waals surface area contributed by atoms with Crippen molar-refractivity contribution in [2.75, 3.05) is 12.4 Å². The molecule has 0 bridgehead atoms. The molecule has 2 aromatic carbocycles. The number of benzene rings is 2. The van der Waals surface area contributed by atoms with Crippen LogP contribution in [0.15, 0.2) is 60.8 Å². The molecule has 0 saturated heterocycles. The molecule has 2 N–H and O–H groups in total. The quantitative estimate of drug-likeness (QED) is 0.379. The van der Waals surface area contributed by atoms with E-state index < -0.39 is 0 Å². The molecule has 0 spiro atoms. The predicted molar refractivity (Wildman–Crippen MR) is 141 cm³/mol. The monoisotopic (exact) mass is 484 g/mol. The highest BCUT2D eigenvalue weighted by Crippen LogP contribution is 2.28. The Morgan fingerprint density at radius 1 is 1.00 bits per heavy atom. The molecule has 1 saturated carbocycles. The first-order chi connectivity index (χ1) is 17.5. The maximum atomic E-state index is 12.7. The summed E-state index contributed by atoms with van der Waals surface area (Å²) >= 11 is 0. The number of aromatic nitrogens is 4. The molecule has 0 atom stereocenters. The SMILES string of the molecule is COc1cccc(C(=O)NC2CCC(Nc3nc(C(C)C)nc4c3cnn4-c3ccccc3)CC2)c1. The Morgan fingerprint density at radius 3 is 2.47 bits per heavy atom. The fourth-order valence-electron chi connectivity index (χ4n) is 4.66. The summed E-state index contributed by atoms with van der Waals surface area (Å²) < 4.78 is 7.12. The van der Waals surface area contributed by atoms with Crippen molar-refractivity contribution < 1.29 is 9.53 Å². The highest BCUT2D eigenvalue weighted by atomic mass is 16.5. The van der Waals surface area contributed by atoms with E-state index in [-0.39, 0.29) is 23.9 Å². The molecule has 1 aliphatic rings. The number of hydrogen-bond donors (Lipinski definition) is 2. The first-order valence-electron chi connectivity index (χ1n) is 12.5. The van der Waals surface area contributed by atoms with Crippen LogP contribution in [-0.2, 0) is 0 Å². The van der Waals surface area contributed by atoms with Crippen molar-refractivity contribution in [3.63, 3.8) is 0 Å². The number of para-hydroxylation sites is 1. The number of ether oxygens (including phenoxy) is 1. The van der Waals surface area contributed by atoms with Crippen molar-refractivity contribution in [1.82, 2.24) is 25.1 Å². The molecule has 0 aliphatic heterocycles. The van der Waals surface area contributed by atoms with E-state index in [1.165, 1.54) is 0 Å². The molecule has 36 heavy (non-hydrogen) atoms. The van der Waals surface area contributed by atoms with E-state index in [4.69, 9.17) is 14.7 Å². The average molecular weight is 485 g/mol. The first-order valence-corrected chi connectivity index (χ1v) is 12.5. The van der Waals surface area contributed by atoms with E-state index in [1.54, 1.807) is 13.2 Å². The van der Waals surface area contributed by atoms with Crippen LogP contribution in [0, 0.1) is 0 Å². The summed E-state index contributed by atoms with van der Waals surface area (Å²) in [6.07, 6.45) is 5.54. The standard InChI is InChI=1S/C28H32N6O2/c1-18(2)25-32-26(24-17-29-34(27(24)33-25)22-9-5-4-6-10-22)30-20-12-14-21(15-13-20)31-28(35)19-8-7-11-23(16-19)36-3/h4-11,16-18,20-21H,12-15H2,1-3H3,(H,31,35)(H,30,32,33). The molecule has 4 aromatic rings. The zero-order chi connectivity index (χ0) is 25.1. The number of amides is 1. The minimum atomic E-state index is -0.0577. The largest absolute Gasteiger partial charge is 0.497 e. The lowest BCUT2D eigenvalue weighted by Gasteiger charge is -2.30. The van der Waals surface area contributed by atoms with Gasteiger partial charge >= 0.3 is 0 Å². The topological polar surface area (TPSA) is 94.0 Å². The highest BCUT2D eigenvalue weighted by molar-refractivity contribution is 5.94. The molecule has 1 aliphatic carbocycles. The fourth-order valence-corrected chi connectivity index (χ4v) is 4.66. The van der Waals surface area contributed by atoms with E-state index >= 15 is 0 Å². The second-order valence-corrected chi connectivity index (χ2v) is 9.61. The van der Waals surface area contributed by atoms with Crippen molar-refractivity contribution in [2.24, 2.45) is 0 Å². The van der Waals surface area contributed by atoms with Gasteiger partial charge in [0, 0.05) is 23.6 Å². The molecule has 2 aromatic heterocycles. The molecule has 1 amide bonds. The highest BCUT2D eigenvalue weighted by Gasteiger charge is 2.25. The molecule has 8 nitrogen and oxygen atoms in total. The number of nitrogens with zero attached hydrogens (tertiary/aromatic N) is 4. The lowest BCUT2D eigenvalue weighted by Crippen LogP contribution is -2.40. The predicted octanol–water partition coefficient (Wildman–Crippen LogP) is 5.10. The Balaban J connectivity index is 1.29.